The average Bonchev–Trinajstić information content (AvgIpc) is 2.87. The van der Waals surface area contributed by atoms with Crippen molar-refractivity contribution in [1.29, 1.82) is 0 Å². The average molecular weight is 259 g/mol. The first kappa shape index (κ1) is 13.7. The number of nitrogens with zero attached hydrogens (tertiary/aromatic N) is 3. The van der Waals surface area contributed by atoms with Gasteiger partial charge in [-0.3, -0.25) is 9.67 Å². The van der Waals surface area contributed by atoms with E-state index in [1.54, 1.807) is 6.20 Å². The zero-order chi connectivity index (χ0) is 13.8. The lowest BCUT2D eigenvalue weighted by molar-refractivity contribution is 0.176. The summed E-state index contributed by atoms with van der Waals surface area (Å²) >= 11 is 0. The maximum absolute atomic E-state index is 10.2. The lowest BCUT2D eigenvalue weighted by Crippen LogP contribution is -2.07. The topological polar surface area (TPSA) is 50.9 Å². The summed E-state index contributed by atoms with van der Waals surface area (Å²) in [6.07, 6.45) is 4.73. The quantitative estimate of drug-likeness (QED) is 0.898. The molecule has 19 heavy (non-hydrogen) atoms. The minimum Gasteiger partial charge on any atom is -0.388 e. The van der Waals surface area contributed by atoms with Crippen LogP contribution in [0.15, 0.2) is 30.6 Å². The molecule has 0 aliphatic rings. The molecule has 1 N–H and O–H groups in total. The monoisotopic (exact) mass is 259 g/mol. The van der Waals surface area contributed by atoms with Gasteiger partial charge in [-0.25, -0.2) is 0 Å². The molecule has 2 unspecified atom stereocenters. The highest BCUT2D eigenvalue weighted by Crippen LogP contribution is 2.18. The van der Waals surface area contributed by atoms with E-state index in [-0.39, 0.29) is 0 Å². The number of rotatable bonds is 5. The molecular formula is C15H21N3O. The highest BCUT2D eigenvalue weighted by molar-refractivity contribution is 5.17. The minimum atomic E-state index is -0.548. The Bertz CT molecular complexity index is 518. The third-order valence-electron chi connectivity index (χ3n) is 3.43. The van der Waals surface area contributed by atoms with Gasteiger partial charge < -0.3 is 5.11 Å². The van der Waals surface area contributed by atoms with Crippen LogP contribution in [0, 0.1) is 6.92 Å². The number of hydrogen-bond donors (Lipinski definition) is 1. The SMILES string of the molecule is CCC(C)n1ccc(CC(O)c2ccc(C)nc2)n1. The van der Waals surface area contributed by atoms with E-state index >= 15 is 0 Å². The molecule has 0 bridgehead atoms. The van der Waals surface area contributed by atoms with Gasteiger partial charge in [0.1, 0.15) is 0 Å². The van der Waals surface area contributed by atoms with Gasteiger partial charge in [0.2, 0.25) is 0 Å². The molecule has 0 amide bonds. The van der Waals surface area contributed by atoms with E-state index in [1.165, 1.54) is 0 Å². The molecule has 2 atom stereocenters. The highest BCUT2D eigenvalue weighted by Gasteiger charge is 2.12. The van der Waals surface area contributed by atoms with Crippen LogP contribution < -0.4 is 0 Å². The van der Waals surface area contributed by atoms with E-state index in [1.807, 2.05) is 36.0 Å². The maximum atomic E-state index is 10.2. The molecule has 2 aromatic heterocycles. The minimum absolute atomic E-state index is 0.395. The van der Waals surface area contributed by atoms with E-state index in [0.717, 1.165) is 23.4 Å². The molecule has 4 nitrogen and oxygen atoms in total. The van der Waals surface area contributed by atoms with Gasteiger partial charge in [0.05, 0.1) is 11.8 Å². The lowest BCUT2D eigenvalue weighted by Gasteiger charge is -2.10. The third-order valence-corrected chi connectivity index (χ3v) is 3.43. The Hall–Kier alpha value is -1.68. The Labute approximate surface area is 114 Å². The van der Waals surface area contributed by atoms with Crippen LogP contribution in [-0.4, -0.2) is 19.9 Å². The van der Waals surface area contributed by atoms with Crippen molar-refractivity contribution in [3.8, 4) is 0 Å². The first-order valence-corrected chi connectivity index (χ1v) is 6.74. The highest BCUT2D eigenvalue weighted by atomic mass is 16.3. The number of hydrogen-bond acceptors (Lipinski definition) is 3. The number of aromatic nitrogens is 3. The van der Waals surface area contributed by atoms with Crippen LogP contribution in [0.3, 0.4) is 0 Å². The Morgan fingerprint density at radius 3 is 2.74 bits per heavy atom. The molecule has 2 heterocycles. The second-order valence-electron chi connectivity index (χ2n) is 5.00. The molecule has 0 aromatic carbocycles. The fourth-order valence-electron chi connectivity index (χ4n) is 1.91. The van der Waals surface area contributed by atoms with E-state index in [9.17, 15) is 5.11 Å². The van der Waals surface area contributed by atoms with Gasteiger partial charge in [-0.1, -0.05) is 13.0 Å². The zero-order valence-corrected chi connectivity index (χ0v) is 11.7. The predicted molar refractivity (Wildman–Crippen MR) is 74.9 cm³/mol. The molecule has 102 valence electrons. The number of aliphatic hydroxyl groups excluding tert-OH is 1. The first-order valence-electron chi connectivity index (χ1n) is 6.74. The van der Waals surface area contributed by atoms with Crippen LogP contribution in [0.2, 0.25) is 0 Å². The van der Waals surface area contributed by atoms with Gasteiger partial charge in [-0.05, 0) is 38.0 Å². The summed E-state index contributed by atoms with van der Waals surface area (Å²) in [5.41, 5.74) is 2.70. The van der Waals surface area contributed by atoms with Gasteiger partial charge in [0, 0.05) is 30.6 Å². The van der Waals surface area contributed by atoms with Gasteiger partial charge in [0.25, 0.3) is 0 Å². The second-order valence-corrected chi connectivity index (χ2v) is 5.00. The van der Waals surface area contributed by atoms with Crippen LogP contribution in [0.4, 0.5) is 0 Å². The van der Waals surface area contributed by atoms with Crippen LogP contribution in [0.1, 0.15) is 49.4 Å². The molecule has 0 saturated heterocycles. The van der Waals surface area contributed by atoms with Gasteiger partial charge in [0.15, 0.2) is 0 Å². The summed E-state index contributed by atoms with van der Waals surface area (Å²) < 4.78 is 1.95. The molecule has 2 aromatic rings. The van der Waals surface area contributed by atoms with Crippen LogP contribution in [0.25, 0.3) is 0 Å². The van der Waals surface area contributed by atoms with Crippen molar-refractivity contribution in [3.63, 3.8) is 0 Å². The van der Waals surface area contributed by atoms with Crippen molar-refractivity contribution < 1.29 is 5.11 Å². The van der Waals surface area contributed by atoms with Crippen molar-refractivity contribution in [2.75, 3.05) is 0 Å². The third kappa shape index (κ3) is 3.41. The van der Waals surface area contributed by atoms with E-state index < -0.39 is 6.10 Å². The molecule has 0 fully saturated rings. The Morgan fingerprint density at radius 2 is 2.11 bits per heavy atom. The summed E-state index contributed by atoms with van der Waals surface area (Å²) in [5.74, 6) is 0. The van der Waals surface area contributed by atoms with E-state index in [2.05, 4.69) is 23.9 Å². The largest absolute Gasteiger partial charge is 0.388 e. The first-order chi connectivity index (χ1) is 9.10. The van der Waals surface area contributed by atoms with E-state index in [4.69, 9.17) is 0 Å². The van der Waals surface area contributed by atoms with Crippen LogP contribution in [0.5, 0.6) is 0 Å². The van der Waals surface area contributed by atoms with Gasteiger partial charge >= 0.3 is 0 Å². The van der Waals surface area contributed by atoms with Crippen molar-refractivity contribution in [1.82, 2.24) is 14.8 Å². The summed E-state index contributed by atoms with van der Waals surface area (Å²) in [6.45, 7) is 6.21. The van der Waals surface area contributed by atoms with Crippen LogP contribution >= 0.6 is 0 Å². The van der Waals surface area contributed by atoms with Gasteiger partial charge in [-0.2, -0.15) is 5.10 Å². The van der Waals surface area contributed by atoms with Crippen molar-refractivity contribution in [3.05, 3.63) is 47.5 Å². The molecule has 4 heteroatoms. The number of aliphatic hydroxyl groups is 1. The molecule has 0 aliphatic heterocycles. The summed E-state index contributed by atoms with van der Waals surface area (Å²) in [5, 5.41) is 14.7. The van der Waals surface area contributed by atoms with Crippen LogP contribution in [-0.2, 0) is 6.42 Å². The predicted octanol–water partition coefficient (Wildman–Crippen LogP) is 2.83. The Balaban J connectivity index is 2.04. The summed E-state index contributed by atoms with van der Waals surface area (Å²) in [7, 11) is 0. The molecule has 0 spiro atoms. The molecule has 2 rings (SSSR count). The fourth-order valence-corrected chi connectivity index (χ4v) is 1.91. The second kappa shape index (κ2) is 5.97. The van der Waals surface area contributed by atoms with Crippen molar-refractivity contribution >= 4 is 0 Å². The number of pyridine rings is 1. The van der Waals surface area contributed by atoms with E-state index in [0.29, 0.717) is 12.5 Å². The molecular weight excluding hydrogens is 238 g/mol. The van der Waals surface area contributed by atoms with Gasteiger partial charge in [-0.15, -0.1) is 0 Å². The lowest BCUT2D eigenvalue weighted by atomic mass is 10.1. The summed E-state index contributed by atoms with van der Waals surface area (Å²) in [6, 6.07) is 6.19. The number of aryl methyl sites for hydroxylation is 1. The maximum Gasteiger partial charge on any atom is 0.0861 e. The normalized spacial score (nSPS) is 14.3. The van der Waals surface area contributed by atoms with Crippen molar-refractivity contribution in [2.24, 2.45) is 0 Å². The molecule has 0 saturated carbocycles. The molecule has 0 aliphatic carbocycles. The Morgan fingerprint density at radius 1 is 1.32 bits per heavy atom. The fraction of sp³-hybridized carbons (Fsp3) is 0.467. The Kier molecular flexibility index (Phi) is 4.32. The smallest absolute Gasteiger partial charge is 0.0861 e. The summed E-state index contributed by atoms with van der Waals surface area (Å²) in [4.78, 5) is 4.20. The molecule has 0 radical (unpaired) electrons. The zero-order valence-electron chi connectivity index (χ0n) is 11.7. The standard InChI is InChI=1S/C15H21N3O/c1-4-12(3)18-8-7-14(17-18)9-15(19)13-6-5-11(2)16-10-13/h5-8,10,12,15,19H,4,9H2,1-3H3. The van der Waals surface area contributed by atoms with Crippen molar-refractivity contribution in [2.45, 2.75) is 45.8 Å².